The summed E-state index contributed by atoms with van der Waals surface area (Å²) in [6.45, 7) is 8.97. The Labute approximate surface area is 126 Å². The van der Waals surface area contributed by atoms with Crippen molar-refractivity contribution in [1.29, 1.82) is 0 Å². The summed E-state index contributed by atoms with van der Waals surface area (Å²) in [5.41, 5.74) is 1.84. The minimum atomic E-state index is 0.598. The van der Waals surface area contributed by atoms with Gasteiger partial charge in [-0.05, 0) is 49.3 Å². The predicted molar refractivity (Wildman–Crippen MR) is 79.9 cm³/mol. The maximum Gasteiger partial charge on any atom is 0.214 e. The second-order valence-electron chi connectivity index (χ2n) is 3.98. The van der Waals surface area contributed by atoms with E-state index in [0.29, 0.717) is 13.2 Å². The van der Waals surface area contributed by atoms with Crippen LogP contribution in [0, 0.1) is 13.8 Å². The van der Waals surface area contributed by atoms with Gasteiger partial charge in [0.25, 0.3) is 0 Å². The van der Waals surface area contributed by atoms with Gasteiger partial charge in [0.2, 0.25) is 10.3 Å². The maximum atomic E-state index is 5.49. The molecule has 0 bridgehead atoms. The van der Waals surface area contributed by atoms with Crippen molar-refractivity contribution in [3.05, 3.63) is 23.8 Å². The number of nitrogens with zero attached hydrogens (tertiary/aromatic N) is 4. The highest BCUT2D eigenvalue weighted by Gasteiger charge is 2.12. The molecule has 0 aromatic carbocycles. The Bertz CT molecular complexity index is 518. The third-order valence-electron chi connectivity index (χ3n) is 2.26. The highest BCUT2D eigenvalue weighted by atomic mass is 33.1. The Hall–Kier alpha value is -1.28. The molecule has 0 amide bonds. The van der Waals surface area contributed by atoms with Gasteiger partial charge in [0, 0.05) is 0 Å². The molecule has 0 atom stereocenters. The molecule has 0 spiro atoms. The van der Waals surface area contributed by atoms with E-state index in [9.17, 15) is 0 Å². The van der Waals surface area contributed by atoms with Gasteiger partial charge in [-0.25, -0.2) is 9.97 Å². The average Bonchev–Trinajstić information content (AvgIpc) is 2.91. The van der Waals surface area contributed by atoms with E-state index in [1.54, 1.807) is 9.46 Å². The lowest BCUT2D eigenvalue weighted by atomic mass is 10.6. The lowest BCUT2D eigenvalue weighted by Crippen LogP contribution is -2.11. The van der Waals surface area contributed by atoms with Crippen LogP contribution >= 0.6 is 21.6 Å². The van der Waals surface area contributed by atoms with Crippen LogP contribution in [-0.4, -0.2) is 32.6 Å². The summed E-state index contributed by atoms with van der Waals surface area (Å²) in [6, 6.07) is 0. The molecular formula is C12H18N4O2S2. The maximum absolute atomic E-state index is 5.49. The quantitative estimate of drug-likeness (QED) is 0.732. The highest BCUT2D eigenvalue weighted by molar-refractivity contribution is 8.76. The van der Waals surface area contributed by atoms with Gasteiger partial charge in [-0.3, -0.25) is 0 Å². The molecule has 0 unspecified atom stereocenters. The molecule has 0 saturated carbocycles. The summed E-state index contributed by atoms with van der Waals surface area (Å²) in [7, 11) is 2.99. The van der Waals surface area contributed by atoms with Crippen LogP contribution in [-0.2, 0) is 0 Å². The Balaban J connectivity index is 2.08. The molecule has 6 nitrogen and oxygen atoms in total. The van der Waals surface area contributed by atoms with Crippen LogP contribution in [0.5, 0.6) is 0 Å². The lowest BCUT2D eigenvalue weighted by molar-refractivity contribution is 0.101. The van der Waals surface area contributed by atoms with E-state index >= 15 is 0 Å². The van der Waals surface area contributed by atoms with E-state index in [4.69, 9.17) is 9.68 Å². The molecule has 0 radical (unpaired) electrons. The number of rotatable bonds is 7. The zero-order chi connectivity index (χ0) is 14.5. The van der Waals surface area contributed by atoms with Gasteiger partial charge in [-0.2, -0.15) is 9.46 Å². The molecule has 0 aliphatic rings. The Kier molecular flexibility index (Phi) is 5.24. The van der Waals surface area contributed by atoms with E-state index in [1.165, 1.54) is 21.6 Å². The van der Waals surface area contributed by atoms with E-state index in [-0.39, 0.29) is 0 Å². The van der Waals surface area contributed by atoms with Gasteiger partial charge < -0.3 is 9.68 Å². The summed E-state index contributed by atoms with van der Waals surface area (Å²) in [5.74, 6) is 0. The molecule has 0 aliphatic carbocycles. The minimum absolute atomic E-state index is 0.598. The minimum Gasteiger partial charge on any atom is -0.412 e. The predicted octanol–water partition coefficient (Wildman–Crippen LogP) is 2.39. The molecular weight excluding hydrogens is 296 g/mol. The highest BCUT2D eigenvalue weighted by Crippen LogP contribution is 2.35. The molecule has 0 fully saturated rings. The van der Waals surface area contributed by atoms with Crippen molar-refractivity contribution < 1.29 is 9.68 Å². The molecule has 2 aromatic heterocycles. The van der Waals surface area contributed by atoms with Gasteiger partial charge >= 0.3 is 0 Å². The molecule has 20 heavy (non-hydrogen) atoms. The van der Waals surface area contributed by atoms with Crippen LogP contribution < -0.4 is 9.68 Å². The Morgan fingerprint density at radius 1 is 0.900 bits per heavy atom. The van der Waals surface area contributed by atoms with Crippen LogP contribution in [0.1, 0.15) is 25.2 Å². The van der Waals surface area contributed by atoms with Crippen LogP contribution in [0.2, 0.25) is 0 Å². The third kappa shape index (κ3) is 3.63. The molecule has 2 rings (SSSR count). The average molecular weight is 314 g/mol. The number of hydrogen-bond donors (Lipinski definition) is 0. The number of hydrogen-bond acceptors (Lipinski definition) is 6. The summed E-state index contributed by atoms with van der Waals surface area (Å²) in [4.78, 5) is 19.8. The zero-order valence-corrected chi connectivity index (χ0v) is 13.6. The van der Waals surface area contributed by atoms with Crippen LogP contribution in [0.3, 0.4) is 0 Å². The van der Waals surface area contributed by atoms with Gasteiger partial charge in [0.1, 0.15) is 13.2 Å². The number of aromatic nitrogens is 4. The first-order chi connectivity index (χ1) is 9.63. The van der Waals surface area contributed by atoms with Crippen molar-refractivity contribution in [2.75, 3.05) is 13.2 Å². The van der Waals surface area contributed by atoms with Crippen molar-refractivity contribution >= 4 is 21.6 Å². The fraction of sp³-hybridized carbons (Fsp3) is 0.500. The Morgan fingerprint density at radius 3 is 1.65 bits per heavy atom. The van der Waals surface area contributed by atoms with E-state index in [2.05, 4.69) is 9.97 Å². The van der Waals surface area contributed by atoms with Crippen LogP contribution in [0.25, 0.3) is 0 Å². The smallest absolute Gasteiger partial charge is 0.214 e. The summed E-state index contributed by atoms with van der Waals surface area (Å²) >= 11 is 0. The monoisotopic (exact) mass is 314 g/mol. The zero-order valence-electron chi connectivity index (χ0n) is 12.0. The molecule has 2 aromatic rings. The molecule has 8 heteroatoms. The van der Waals surface area contributed by atoms with Crippen molar-refractivity contribution in [3.8, 4) is 0 Å². The molecule has 0 saturated heterocycles. The second kappa shape index (κ2) is 6.94. The topological polar surface area (TPSA) is 54.1 Å². The largest absolute Gasteiger partial charge is 0.412 e. The fourth-order valence-corrected chi connectivity index (χ4v) is 3.54. The van der Waals surface area contributed by atoms with Crippen molar-refractivity contribution in [1.82, 2.24) is 19.4 Å². The fourth-order valence-electron chi connectivity index (χ4n) is 1.56. The lowest BCUT2D eigenvalue weighted by Gasteiger charge is -2.07. The van der Waals surface area contributed by atoms with Crippen LogP contribution in [0.15, 0.2) is 22.7 Å². The summed E-state index contributed by atoms with van der Waals surface area (Å²) in [6.07, 6.45) is 3.74. The molecule has 0 N–H and O–H groups in total. The molecule has 2 heterocycles. The first-order valence-electron chi connectivity index (χ1n) is 6.37. The van der Waals surface area contributed by atoms with Crippen molar-refractivity contribution in [3.63, 3.8) is 0 Å². The SMILES string of the molecule is CCOn1cc(C)nc1SSc1nc(C)cn1OCC. The molecule has 110 valence electrons. The third-order valence-corrected chi connectivity index (χ3v) is 4.32. The van der Waals surface area contributed by atoms with Gasteiger partial charge in [-0.1, -0.05) is 0 Å². The number of aryl methyl sites for hydroxylation is 2. The van der Waals surface area contributed by atoms with Gasteiger partial charge in [0.05, 0.1) is 23.8 Å². The van der Waals surface area contributed by atoms with Crippen molar-refractivity contribution in [2.45, 2.75) is 38.0 Å². The van der Waals surface area contributed by atoms with Crippen LogP contribution in [0.4, 0.5) is 0 Å². The normalized spacial score (nSPS) is 10.8. The number of imidazole rings is 2. The van der Waals surface area contributed by atoms with Crippen molar-refractivity contribution in [2.24, 2.45) is 0 Å². The van der Waals surface area contributed by atoms with E-state index in [0.717, 1.165) is 21.7 Å². The standard InChI is InChI=1S/C12H18N4O2S2/c1-5-17-15-7-9(3)13-11(15)19-20-12-14-10(4)8-16(12)18-6-2/h7-8H,5-6H2,1-4H3. The van der Waals surface area contributed by atoms with E-state index in [1.807, 2.05) is 40.1 Å². The Morgan fingerprint density at radius 2 is 1.30 bits per heavy atom. The van der Waals surface area contributed by atoms with E-state index < -0.39 is 0 Å². The summed E-state index contributed by atoms with van der Waals surface area (Å²) in [5, 5.41) is 1.58. The van der Waals surface area contributed by atoms with Gasteiger partial charge in [0.15, 0.2) is 0 Å². The van der Waals surface area contributed by atoms with Gasteiger partial charge in [-0.15, -0.1) is 0 Å². The second-order valence-corrected chi connectivity index (χ2v) is 6.05. The molecule has 0 aliphatic heterocycles. The first-order valence-corrected chi connectivity index (χ1v) is 8.52. The summed E-state index contributed by atoms with van der Waals surface area (Å²) < 4.78 is 3.38. The first kappa shape index (κ1) is 15.1.